The average Bonchev–Trinajstić information content (AvgIpc) is 3.44. The molecule has 0 aliphatic carbocycles. The fourth-order valence-corrected chi connectivity index (χ4v) is 5.11. The molecular weight excluding hydrogens is 502 g/mol. The minimum Gasteiger partial charge on any atom is -0.495 e. The SMILES string of the molecule is COCCn1nnnc1[C@@H](c1cc2cc(OC)c(OC)cc2[nH]c1=O)N1CCN(c2ccccc2OC)CC1. The van der Waals surface area contributed by atoms with E-state index in [0.717, 1.165) is 29.9 Å². The fourth-order valence-electron chi connectivity index (χ4n) is 5.11. The van der Waals surface area contributed by atoms with E-state index in [1.165, 1.54) is 0 Å². The predicted octanol–water partition coefficient (Wildman–Crippen LogP) is 2.10. The molecule has 0 bridgehead atoms. The van der Waals surface area contributed by atoms with E-state index in [4.69, 9.17) is 18.9 Å². The number of fused-ring (bicyclic) bond motifs is 1. The Bertz CT molecular complexity index is 1480. The van der Waals surface area contributed by atoms with E-state index in [1.54, 1.807) is 39.2 Å². The maximum atomic E-state index is 13.6. The molecule has 0 amide bonds. The molecule has 0 spiro atoms. The highest BCUT2D eigenvalue weighted by atomic mass is 16.5. The number of anilines is 1. The van der Waals surface area contributed by atoms with Crippen LogP contribution in [0.3, 0.4) is 0 Å². The highest BCUT2D eigenvalue weighted by molar-refractivity contribution is 5.83. The number of piperazine rings is 1. The first-order chi connectivity index (χ1) is 19.1. The second kappa shape index (κ2) is 11.7. The van der Waals surface area contributed by atoms with Gasteiger partial charge in [0.25, 0.3) is 5.56 Å². The summed E-state index contributed by atoms with van der Waals surface area (Å²) in [5.41, 5.74) is 2.04. The number of aromatic amines is 1. The van der Waals surface area contributed by atoms with E-state index < -0.39 is 6.04 Å². The van der Waals surface area contributed by atoms with Crippen molar-refractivity contribution in [2.24, 2.45) is 0 Å². The third kappa shape index (κ3) is 5.25. The van der Waals surface area contributed by atoms with Gasteiger partial charge in [-0.15, -0.1) is 5.10 Å². The lowest BCUT2D eigenvalue weighted by Gasteiger charge is -2.40. The van der Waals surface area contributed by atoms with Gasteiger partial charge in [0.05, 0.1) is 45.7 Å². The molecule has 0 unspecified atom stereocenters. The molecule has 3 heterocycles. The number of ether oxygens (including phenoxy) is 4. The van der Waals surface area contributed by atoms with Gasteiger partial charge in [0.2, 0.25) is 0 Å². The number of aromatic nitrogens is 5. The quantitative estimate of drug-likeness (QED) is 0.323. The highest BCUT2D eigenvalue weighted by Crippen LogP contribution is 2.34. The lowest BCUT2D eigenvalue weighted by Crippen LogP contribution is -2.49. The summed E-state index contributed by atoms with van der Waals surface area (Å²) in [6.07, 6.45) is 0. The van der Waals surface area contributed by atoms with Crippen LogP contribution in [-0.2, 0) is 11.3 Å². The van der Waals surface area contributed by atoms with Crippen LogP contribution in [0, 0.1) is 0 Å². The van der Waals surface area contributed by atoms with Gasteiger partial charge in [-0.3, -0.25) is 9.69 Å². The lowest BCUT2D eigenvalue weighted by atomic mass is 10.0. The smallest absolute Gasteiger partial charge is 0.253 e. The standard InChI is InChI=1S/C27H33N7O5/c1-36-14-13-34-26(29-30-31-34)25(33-11-9-32(10-12-33)21-7-5-6-8-22(21)37-2)19-15-18-16-23(38-3)24(39-4)17-20(18)28-27(19)35/h5-8,15-17,25H,9-14H2,1-4H3,(H,28,35)/t25-/m1/s1. The first kappa shape index (κ1) is 26.4. The second-order valence-electron chi connectivity index (χ2n) is 9.20. The molecule has 39 heavy (non-hydrogen) atoms. The van der Waals surface area contributed by atoms with Crippen LogP contribution in [0.25, 0.3) is 10.9 Å². The minimum absolute atomic E-state index is 0.215. The number of hydrogen-bond acceptors (Lipinski definition) is 10. The van der Waals surface area contributed by atoms with Gasteiger partial charge in [-0.1, -0.05) is 12.1 Å². The van der Waals surface area contributed by atoms with Gasteiger partial charge in [-0.05, 0) is 34.7 Å². The Hall–Kier alpha value is -4.16. The number of para-hydroxylation sites is 2. The Labute approximate surface area is 226 Å². The van der Waals surface area contributed by atoms with E-state index in [-0.39, 0.29) is 5.56 Å². The topological polar surface area (TPSA) is 120 Å². The molecule has 2 aromatic heterocycles. The number of nitrogens with one attached hydrogen (secondary N) is 1. The molecule has 206 valence electrons. The van der Waals surface area contributed by atoms with Gasteiger partial charge < -0.3 is 28.8 Å². The van der Waals surface area contributed by atoms with Crippen molar-refractivity contribution < 1.29 is 18.9 Å². The number of methoxy groups -OCH3 is 4. The van der Waals surface area contributed by atoms with Gasteiger partial charge in [-0.25, -0.2) is 4.68 Å². The van der Waals surface area contributed by atoms with Crippen molar-refractivity contribution in [3.05, 3.63) is 64.2 Å². The summed E-state index contributed by atoms with van der Waals surface area (Å²) in [5, 5.41) is 13.3. The van der Waals surface area contributed by atoms with Crippen molar-refractivity contribution in [3.63, 3.8) is 0 Å². The van der Waals surface area contributed by atoms with Crippen LogP contribution in [0.4, 0.5) is 5.69 Å². The molecule has 4 aromatic rings. The molecular formula is C27H33N7O5. The number of pyridine rings is 1. The van der Waals surface area contributed by atoms with Crippen LogP contribution in [0.15, 0.2) is 47.3 Å². The largest absolute Gasteiger partial charge is 0.495 e. The molecule has 1 N–H and O–H groups in total. The van der Waals surface area contributed by atoms with Gasteiger partial charge in [0.1, 0.15) is 11.8 Å². The van der Waals surface area contributed by atoms with Crippen LogP contribution in [0.1, 0.15) is 17.4 Å². The third-order valence-corrected chi connectivity index (χ3v) is 7.09. The number of rotatable bonds is 10. The summed E-state index contributed by atoms with van der Waals surface area (Å²) in [6, 6.07) is 13.0. The molecule has 1 fully saturated rings. The zero-order valence-corrected chi connectivity index (χ0v) is 22.6. The molecule has 1 saturated heterocycles. The fraction of sp³-hybridized carbons (Fsp3) is 0.407. The number of H-pyrrole nitrogens is 1. The predicted molar refractivity (Wildman–Crippen MR) is 146 cm³/mol. The van der Waals surface area contributed by atoms with Crippen molar-refractivity contribution >= 4 is 16.6 Å². The van der Waals surface area contributed by atoms with Crippen LogP contribution < -0.4 is 24.7 Å². The first-order valence-corrected chi connectivity index (χ1v) is 12.7. The van der Waals surface area contributed by atoms with Crippen molar-refractivity contribution in [2.45, 2.75) is 12.6 Å². The van der Waals surface area contributed by atoms with E-state index in [0.29, 0.717) is 54.6 Å². The monoisotopic (exact) mass is 535 g/mol. The molecule has 12 nitrogen and oxygen atoms in total. The maximum absolute atomic E-state index is 13.6. The maximum Gasteiger partial charge on any atom is 0.253 e. The third-order valence-electron chi connectivity index (χ3n) is 7.09. The van der Waals surface area contributed by atoms with Crippen LogP contribution in [0.5, 0.6) is 17.2 Å². The highest BCUT2D eigenvalue weighted by Gasteiger charge is 2.33. The Balaban J connectivity index is 1.54. The van der Waals surface area contributed by atoms with Gasteiger partial charge in [0.15, 0.2) is 17.3 Å². The summed E-state index contributed by atoms with van der Waals surface area (Å²) < 4.78 is 23.5. The molecule has 5 rings (SSSR count). The normalized spacial score (nSPS) is 14.9. The van der Waals surface area contributed by atoms with Crippen molar-refractivity contribution in [1.82, 2.24) is 30.1 Å². The zero-order chi connectivity index (χ0) is 27.4. The molecule has 12 heteroatoms. The number of hydrogen-bond donors (Lipinski definition) is 1. The Kier molecular flexibility index (Phi) is 7.94. The average molecular weight is 536 g/mol. The van der Waals surface area contributed by atoms with Crippen molar-refractivity contribution in [2.75, 3.05) is 66.1 Å². The Morgan fingerprint density at radius 2 is 1.64 bits per heavy atom. The lowest BCUT2D eigenvalue weighted by molar-refractivity contribution is 0.171. The molecule has 0 radical (unpaired) electrons. The van der Waals surface area contributed by atoms with E-state index in [1.807, 2.05) is 30.3 Å². The summed E-state index contributed by atoms with van der Waals surface area (Å²) in [7, 11) is 6.47. The Morgan fingerprint density at radius 3 is 2.36 bits per heavy atom. The van der Waals surface area contributed by atoms with E-state index in [2.05, 4.69) is 36.4 Å². The number of benzene rings is 2. The molecule has 0 saturated carbocycles. The van der Waals surface area contributed by atoms with Crippen LogP contribution in [0.2, 0.25) is 0 Å². The molecule has 2 aromatic carbocycles. The van der Waals surface area contributed by atoms with Gasteiger partial charge >= 0.3 is 0 Å². The molecule has 1 aliphatic heterocycles. The molecule has 1 aliphatic rings. The summed E-state index contributed by atoms with van der Waals surface area (Å²) >= 11 is 0. The van der Waals surface area contributed by atoms with E-state index in [9.17, 15) is 4.79 Å². The summed E-state index contributed by atoms with van der Waals surface area (Å²) in [6.45, 7) is 3.76. The van der Waals surface area contributed by atoms with Gasteiger partial charge in [-0.2, -0.15) is 0 Å². The second-order valence-corrected chi connectivity index (χ2v) is 9.20. The summed E-state index contributed by atoms with van der Waals surface area (Å²) in [4.78, 5) is 21.2. The number of tetrazole rings is 1. The summed E-state index contributed by atoms with van der Waals surface area (Å²) in [5.74, 6) is 2.54. The minimum atomic E-state index is -0.474. The first-order valence-electron chi connectivity index (χ1n) is 12.7. The van der Waals surface area contributed by atoms with Gasteiger partial charge in [0, 0.05) is 50.3 Å². The van der Waals surface area contributed by atoms with E-state index >= 15 is 0 Å². The zero-order valence-electron chi connectivity index (χ0n) is 22.6. The Morgan fingerprint density at radius 1 is 0.923 bits per heavy atom. The van der Waals surface area contributed by atoms with Crippen LogP contribution >= 0.6 is 0 Å². The van der Waals surface area contributed by atoms with Crippen LogP contribution in [-0.4, -0.2) is 91.3 Å². The van der Waals surface area contributed by atoms with Crippen molar-refractivity contribution in [3.8, 4) is 17.2 Å². The molecule has 1 atom stereocenters. The van der Waals surface area contributed by atoms with Crippen molar-refractivity contribution in [1.29, 1.82) is 0 Å². The number of nitrogens with zero attached hydrogens (tertiary/aromatic N) is 6.